The van der Waals surface area contributed by atoms with Crippen LogP contribution in [-0.2, 0) is 20.0 Å². The molecule has 4 nitrogen and oxygen atoms in total. The molecule has 0 atom stereocenters. The number of benzene rings is 1. The summed E-state index contributed by atoms with van der Waals surface area (Å²) in [7, 11) is 1.91. The Balaban J connectivity index is 1.82. The average molecular weight is 242 g/mol. The van der Waals surface area contributed by atoms with Crippen LogP contribution in [0.2, 0.25) is 0 Å². The number of amides is 1. The van der Waals surface area contributed by atoms with Gasteiger partial charge in [-0.2, -0.15) is 4.57 Å². The molecule has 0 unspecified atom stereocenters. The summed E-state index contributed by atoms with van der Waals surface area (Å²) >= 11 is 0. The molecule has 0 aliphatic carbocycles. The van der Waals surface area contributed by atoms with Gasteiger partial charge in [0.2, 0.25) is 0 Å². The van der Waals surface area contributed by atoms with E-state index in [9.17, 15) is 4.79 Å². The van der Waals surface area contributed by atoms with E-state index < -0.39 is 0 Å². The number of carbonyl (C=O) groups excluding carboxylic acids is 1. The topological polar surface area (TPSA) is 29.1 Å². The minimum atomic E-state index is 0.0464. The highest BCUT2D eigenvalue weighted by Gasteiger charge is 2.24. The van der Waals surface area contributed by atoms with Gasteiger partial charge in [-0.15, -0.1) is 0 Å². The Hall–Kier alpha value is -2.10. The zero-order chi connectivity index (χ0) is 12.5. The third kappa shape index (κ3) is 1.90. The van der Waals surface area contributed by atoms with Crippen LogP contribution in [0.4, 0.5) is 4.79 Å². The van der Waals surface area contributed by atoms with Gasteiger partial charge in [0, 0.05) is 13.1 Å². The lowest BCUT2D eigenvalue weighted by atomic mass is 10.0. The van der Waals surface area contributed by atoms with Crippen molar-refractivity contribution in [3.05, 3.63) is 54.1 Å². The van der Waals surface area contributed by atoms with Crippen molar-refractivity contribution in [2.45, 2.75) is 13.0 Å². The highest BCUT2D eigenvalue weighted by molar-refractivity contribution is 5.76. The zero-order valence-electron chi connectivity index (χ0n) is 10.4. The van der Waals surface area contributed by atoms with Gasteiger partial charge in [0.1, 0.15) is 12.4 Å². The van der Waals surface area contributed by atoms with E-state index in [1.807, 2.05) is 28.8 Å². The normalized spacial score (nSPS) is 14.4. The summed E-state index contributed by atoms with van der Waals surface area (Å²) in [5.74, 6) is 0. The molecule has 4 heteroatoms. The molecule has 0 radical (unpaired) electrons. The van der Waals surface area contributed by atoms with Crippen molar-refractivity contribution in [2.24, 2.45) is 7.05 Å². The van der Waals surface area contributed by atoms with Gasteiger partial charge in [0.15, 0.2) is 0 Å². The third-order valence-electron chi connectivity index (χ3n) is 3.39. The van der Waals surface area contributed by atoms with Gasteiger partial charge in [-0.25, -0.2) is 9.36 Å². The fourth-order valence-electron chi connectivity index (χ4n) is 2.39. The molecule has 1 amide bonds. The number of imidazole rings is 1. The Morgan fingerprint density at radius 3 is 2.78 bits per heavy atom. The molecular formula is C14H16N3O+. The van der Waals surface area contributed by atoms with Crippen molar-refractivity contribution >= 4 is 6.03 Å². The third-order valence-corrected chi connectivity index (χ3v) is 3.39. The van der Waals surface area contributed by atoms with Crippen molar-refractivity contribution in [3.63, 3.8) is 0 Å². The Morgan fingerprint density at radius 2 is 2.06 bits per heavy atom. The molecule has 1 aromatic heterocycles. The number of hydrogen-bond donors (Lipinski definition) is 0. The minimum Gasteiger partial charge on any atom is -0.300 e. The number of fused-ring (bicyclic) bond motifs is 1. The second kappa shape index (κ2) is 4.29. The summed E-state index contributed by atoms with van der Waals surface area (Å²) in [5.41, 5.74) is 2.62. The number of carbonyl (C=O) groups is 1. The Bertz CT molecular complexity index is 588. The first-order chi connectivity index (χ1) is 8.74. The predicted octanol–water partition coefficient (Wildman–Crippen LogP) is 1.34. The summed E-state index contributed by atoms with van der Waals surface area (Å²) in [6.45, 7) is 1.49. The van der Waals surface area contributed by atoms with Crippen LogP contribution < -0.4 is 4.57 Å². The predicted molar refractivity (Wildman–Crippen MR) is 67.0 cm³/mol. The van der Waals surface area contributed by atoms with Crippen LogP contribution >= 0.6 is 0 Å². The molecule has 2 aromatic rings. The summed E-state index contributed by atoms with van der Waals surface area (Å²) in [6, 6.07) is 8.38. The number of aryl methyl sites for hydroxylation is 1. The second-order valence-electron chi connectivity index (χ2n) is 4.71. The Kier molecular flexibility index (Phi) is 2.63. The molecule has 0 saturated heterocycles. The molecule has 0 fully saturated rings. The molecular weight excluding hydrogens is 226 g/mol. The van der Waals surface area contributed by atoms with E-state index in [1.54, 1.807) is 17.1 Å². The Morgan fingerprint density at radius 1 is 1.28 bits per heavy atom. The van der Waals surface area contributed by atoms with E-state index in [0.29, 0.717) is 6.54 Å². The van der Waals surface area contributed by atoms with E-state index in [1.165, 1.54) is 11.1 Å². The lowest BCUT2D eigenvalue weighted by Crippen LogP contribution is -2.39. The van der Waals surface area contributed by atoms with E-state index in [4.69, 9.17) is 0 Å². The molecule has 0 N–H and O–H groups in total. The van der Waals surface area contributed by atoms with Crippen LogP contribution in [-0.4, -0.2) is 22.0 Å². The smallest absolute Gasteiger partial charge is 0.300 e. The fraction of sp³-hybridized carbons (Fsp3) is 0.286. The van der Waals surface area contributed by atoms with Crippen LogP contribution in [0, 0.1) is 0 Å². The fourth-order valence-corrected chi connectivity index (χ4v) is 2.39. The summed E-state index contributed by atoms with van der Waals surface area (Å²) in [6.07, 6.45) is 6.40. The van der Waals surface area contributed by atoms with Gasteiger partial charge in [0.05, 0.1) is 7.05 Å². The molecule has 0 saturated carbocycles. The van der Waals surface area contributed by atoms with Gasteiger partial charge >= 0.3 is 6.03 Å². The molecule has 92 valence electrons. The second-order valence-corrected chi connectivity index (χ2v) is 4.71. The first-order valence-electron chi connectivity index (χ1n) is 6.13. The van der Waals surface area contributed by atoms with E-state index in [0.717, 1.165) is 13.0 Å². The molecule has 1 aromatic carbocycles. The van der Waals surface area contributed by atoms with E-state index >= 15 is 0 Å². The number of aromatic nitrogens is 2. The first-order valence-corrected chi connectivity index (χ1v) is 6.13. The van der Waals surface area contributed by atoms with Gasteiger partial charge < -0.3 is 0 Å². The Labute approximate surface area is 106 Å². The van der Waals surface area contributed by atoms with Crippen molar-refractivity contribution in [3.8, 4) is 0 Å². The first kappa shape index (κ1) is 11.0. The number of rotatable bonds is 0. The maximum atomic E-state index is 12.3. The van der Waals surface area contributed by atoms with Crippen LogP contribution in [0.25, 0.3) is 0 Å². The molecule has 18 heavy (non-hydrogen) atoms. The standard InChI is InChI=1S/C14H16N3O/c1-15-8-9-17(11-15)14(18)16-7-6-12-4-2-3-5-13(12)10-16/h2-5,8-9,11H,6-7,10H2,1H3/q+1. The van der Waals surface area contributed by atoms with Crippen LogP contribution in [0.15, 0.2) is 43.0 Å². The average Bonchev–Trinajstić information content (AvgIpc) is 2.84. The van der Waals surface area contributed by atoms with Crippen LogP contribution in [0.3, 0.4) is 0 Å². The molecule has 1 aliphatic heterocycles. The quantitative estimate of drug-likeness (QED) is 0.641. The lowest BCUT2D eigenvalue weighted by molar-refractivity contribution is -0.670. The highest BCUT2D eigenvalue weighted by Crippen LogP contribution is 2.18. The van der Waals surface area contributed by atoms with Crippen molar-refractivity contribution in [2.75, 3.05) is 6.54 Å². The molecule has 1 aliphatic rings. The number of nitrogens with zero attached hydrogens (tertiary/aromatic N) is 3. The zero-order valence-corrected chi connectivity index (χ0v) is 10.4. The van der Waals surface area contributed by atoms with Gasteiger partial charge in [-0.3, -0.25) is 4.90 Å². The molecule has 0 bridgehead atoms. The van der Waals surface area contributed by atoms with Crippen LogP contribution in [0.1, 0.15) is 11.1 Å². The van der Waals surface area contributed by atoms with Gasteiger partial charge in [-0.05, 0) is 17.5 Å². The summed E-state index contributed by atoms with van der Waals surface area (Å²) in [5, 5.41) is 0. The van der Waals surface area contributed by atoms with Gasteiger partial charge in [0.25, 0.3) is 6.33 Å². The van der Waals surface area contributed by atoms with Crippen molar-refractivity contribution in [1.29, 1.82) is 0 Å². The summed E-state index contributed by atoms with van der Waals surface area (Å²) in [4.78, 5) is 14.2. The van der Waals surface area contributed by atoms with Gasteiger partial charge in [-0.1, -0.05) is 24.3 Å². The molecule has 2 heterocycles. The SMILES string of the molecule is C[n+]1ccn(C(=O)N2CCc3ccccc3C2)c1. The lowest BCUT2D eigenvalue weighted by Gasteiger charge is -2.26. The molecule has 3 rings (SSSR count). The highest BCUT2D eigenvalue weighted by atomic mass is 16.2. The monoisotopic (exact) mass is 242 g/mol. The van der Waals surface area contributed by atoms with Crippen molar-refractivity contribution < 1.29 is 9.36 Å². The maximum absolute atomic E-state index is 12.3. The minimum absolute atomic E-state index is 0.0464. The van der Waals surface area contributed by atoms with E-state index in [-0.39, 0.29) is 6.03 Å². The maximum Gasteiger partial charge on any atom is 0.416 e. The number of hydrogen-bond acceptors (Lipinski definition) is 1. The largest absolute Gasteiger partial charge is 0.416 e. The van der Waals surface area contributed by atoms with E-state index in [2.05, 4.69) is 18.2 Å². The van der Waals surface area contributed by atoms with Crippen LogP contribution in [0.5, 0.6) is 0 Å². The molecule has 0 spiro atoms. The van der Waals surface area contributed by atoms with Crippen molar-refractivity contribution in [1.82, 2.24) is 9.47 Å². The summed E-state index contributed by atoms with van der Waals surface area (Å²) < 4.78 is 3.50.